The highest BCUT2D eigenvalue weighted by Gasteiger charge is 2.19. The molecule has 0 aromatic carbocycles. The minimum absolute atomic E-state index is 0.0924. The Balaban J connectivity index is 3.18. The highest BCUT2D eigenvalue weighted by molar-refractivity contribution is 5.62. The summed E-state index contributed by atoms with van der Waals surface area (Å²) >= 11 is 0. The maximum atomic E-state index is 11.5. The summed E-state index contributed by atoms with van der Waals surface area (Å²) in [6.45, 7) is -0.0171. The first-order chi connectivity index (χ1) is 8.02. The number of nitrogen functional groups attached to an aromatic ring is 3. The predicted molar refractivity (Wildman–Crippen MR) is 62.8 cm³/mol. The zero-order valence-electron chi connectivity index (χ0n) is 9.20. The third-order valence-electron chi connectivity index (χ3n) is 2.19. The summed E-state index contributed by atoms with van der Waals surface area (Å²) in [7, 11) is 0. The Kier molecular flexibility index (Phi) is 4.12. The maximum absolute atomic E-state index is 11.5. The molecule has 0 radical (unpaired) electrons. The van der Waals surface area contributed by atoms with Crippen LogP contribution >= 0.6 is 0 Å². The van der Waals surface area contributed by atoms with Gasteiger partial charge in [-0.2, -0.15) is 0 Å². The summed E-state index contributed by atoms with van der Waals surface area (Å²) in [6, 6.07) is 0. The van der Waals surface area contributed by atoms with Crippen LogP contribution in [0.3, 0.4) is 0 Å². The van der Waals surface area contributed by atoms with Crippen molar-refractivity contribution in [3.63, 3.8) is 0 Å². The predicted octanol–water partition coefficient (Wildman–Crippen LogP) is -2.75. The van der Waals surface area contributed by atoms with Crippen molar-refractivity contribution >= 4 is 23.3 Å². The lowest BCUT2D eigenvalue weighted by Gasteiger charge is -2.24. The molecule has 1 heterocycles. The largest absolute Gasteiger partial charge is 0.740 e. The zero-order valence-corrected chi connectivity index (χ0v) is 9.20. The monoisotopic (exact) mass is 244 g/mol. The highest BCUT2D eigenvalue weighted by atomic mass is 16.5. The fraction of sp³-hybridized carbons (Fsp3) is 0.500. The SMILES string of the molecule is Nc1nc(N(CCO)CCO)c(N)[n+]([O-])c1N. The third kappa shape index (κ3) is 2.57. The molecule has 8 N–H and O–H groups in total. The van der Waals surface area contributed by atoms with Gasteiger partial charge in [-0.15, -0.1) is 0 Å². The van der Waals surface area contributed by atoms with Crippen LogP contribution in [0.1, 0.15) is 0 Å². The Morgan fingerprint density at radius 2 is 1.65 bits per heavy atom. The molecule has 1 rings (SSSR count). The number of anilines is 4. The molecule has 17 heavy (non-hydrogen) atoms. The lowest BCUT2D eigenvalue weighted by molar-refractivity contribution is -0.573. The van der Waals surface area contributed by atoms with Gasteiger partial charge >= 0.3 is 0 Å². The molecule has 0 saturated carbocycles. The van der Waals surface area contributed by atoms with E-state index < -0.39 is 0 Å². The average Bonchev–Trinajstić information content (AvgIpc) is 2.31. The Hall–Kier alpha value is -2.00. The van der Waals surface area contributed by atoms with Crippen molar-refractivity contribution in [1.29, 1.82) is 0 Å². The van der Waals surface area contributed by atoms with Gasteiger partial charge < -0.3 is 37.5 Å². The lowest BCUT2D eigenvalue weighted by Crippen LogP contribution is -2.40. The molecule has 0 aliphatic heterocycles. The summed E-state index contributed by atoms with van der Waals surface area (Å²) in [6.07, 6.45) is 0. The van der Waals surface area contributed by atoms with E-state index in [9.17, 15) is 5.21 Å². The number of aromatic nitrogens is 2. The molecule has 0 bridgehead atoms. The minimum Gasteiger partial charge on any atom is -0.740 e. The zero-order chi connectivity index (χ0) is 13.0. The smallest absolute Gasteiger partial charge is 0.263 e. The number of hydrogen-bond donors (Lipinski definition) is 5. The van der Waals surface area contributed by atoms with Crippen LogP contribution in [-0.2, 0) is 0 Å². The van der Waals surface area contributed by atoms with Crippen molar-refractivity contribution in [1.82, 2.24) is 4.98 Å². The molecule has 0 aliphatic rings. The van der Waals surface area contributed by atoms with Gasteiger partial charge in [0.05, 0.1) is 13.2 Å². The number of nitrogens with two attached hydrogens (primary N) is 3. The second-order valence-corrected chi connectivity index (χ2v) is 3.32. The third-order valence-corrected chi connectivity index (χ3v) is 2.19. The van der Waals surface area contributed by atoms with Crippen LogP contribution in [0.15, 0.2) is 0 Å². The second-order valence-electron chi connectivity index (χ2n) is 3.32. The summed E-state index contributed by atoms with van der Waals surface area (Å²) in [5.74, 6) is -0.558. The van der Waals surface area contributed by atoms with E-state index >= 15 is 0 Å². The van der Waals surface area contributed by atoms with Crippen LogP contribution in [0, 0.1) is 5.21 Å². The molecule has 1 aromatic rings. The first-order valence-corrected chi connectivity index (χ1v) is 4.93. The fourth-order valence-corrected chi connectivity index (χ4v) is 1.35. The minimum atomic E-state index is -0.279. The van der Waals surface area contributed by atoms with Gasteiger partial charge in [-0.1, -0.05) is 0 Å². The van der Waals surface area contributed by atoms with Crippen LogP contribution in [0.25, 0.3) is 0 Å². The molecule has 0 atom stereocenters. The van der Waals surface area contributed by atoms with Gasteiger partial charge in [0.2, 0.25) is 5.82 Å². The Bertz CT molecular complexity index is 393. The molecule has 0 fully saturated rings. The molecular formula is C8H16N6O3. The normalized spacial score (nSPS) is 10.5. The molecule has 9 nitrogen and oxygen atoms in total. The molecule has 0 unspecified atom stereocenters. The van der Waals surface area contributed by atoms with Crippen molar-refractivity contribution in [3.05, 3.63) is 5.21 Å². The Labute approximate surface area is 97.7 Å². The van der Waals surface area contributed by atoms with Gasteiger partial charge in [-0.05, 0) is 0 Å². The fourth-order valence-electron chi connectivity index (χ4n) is 1.35. The van der Waals surface area contributed by atoms with Gasteiger partial charge in [0, 0.05) is 13.1 Å². The van der Waals surface area contributed by atoms with Crippen LogP contribution in [0.2, 0.25) is 0 Å². The molecule has 0 aliphatic carbocycles. The van der Waals surface area contributed by atoms with Crippen LogP contribution in [0.5, 0.6) is 0 Å². The van der Waals surface area contributed by atoms with E-state index in [0.717, 1.165) is 0 Å². The summed E-state index contributed by atoms with van der Waals surface area (Å²) in [5, 5.41) is 29.3. The van der Waals surface area contributed by atoms with Gasteiger partial charge in [-0.3, -0.25) is 0 Å². The second kappa shape index (κ2) is 5.37. The van der Waals surface area contributed by atoms with Gasteiger partial charge in [-0.25, -0.2) is 9.71 Å². The number of aliphatic hydroxyl groups excluding tert-OH is 2. The van der Waals surface area contributed by atoms with Gasteiger partial charge in [0.1, 0.15) is 0 Å². The van der Waals surface area contributed by atoms with Crippen molar-refractivity contribution < 1.29 is 14.9 Å². The summed E-state index contributed by atoms with van der Waals surface area (Å²) in [5.41, 5.74) is 16.4. The van der Waals surface area contributed by atoms with Gasteiger partial charge in [0.25, 0.3) is 11.6 Å². The molecule has 0 spiro atoms. The molecule has 96 valence electrons. The van der Waals surface area contributed by atoms with E-state index in [4.69, 9.17) is 27.4 Å². The van der Waals surface area contributed by atoms with Crippen LogP contribution in [-0.4, -0.2) is 41.5 Å². The highest BCUT2D eigenvalue weighted by Crippen LogP contribution is 2.20. The number of hydrogen-bond acceptors (Lipinski definition) is 8. The molecule has 1 aromatic heterocycles. The first-order valence-electron chi connectivity index (χ1n) is 4.93. The van der Waals surface area contributed by atoms with E-state index in [1.165, 1.54) is 4.90 Å². The number of aliphatic hydroxyl groups is 2. The quantitative estimate of drug-likeness (QED) is 0.275. The van der Waals surface area contributed by atoms with Crippen molar-refractivity contribution in [2.75, 3.05) is 48.4 Å². The summed E-state index contributed by atoms with van der Waals surface area (Å²) < 4.78 is 0.263. The number of rotatable bonds is 5. The average molecular weight is 244 g/mol. The lowest BCUT2D eigenvalue weighted by atomic mass is 10.4. The molecular weight excluding hydrogens is 228 g/mol. The van der Waals surface area contributed by atoms with E-state index in [1.54, 1.807) is 0 Å². The Morgan fingerprint density at radius 1 is 1.12 bits per heavy atom. The molecule has 0 saturated heterocycles. The van der Waals surface area contributed by atoms with E-state index in [0.29, 0.717) is 0 Å². The van der Waals surface area contributed by atoms with E-state index in [-0.39, 0.29) is 54.3 Å². The van der Waals surface area contributed by atoms with Crippen LogP contribution in [0.4, 0.5) is 23.3 Å². The van der Waals surface area contributed by atoms with Crippen molar-refractivity contribution in [2.45, 2.75) is 0 Å². The number of nitrogens with zero attached hydrogens (tertiary/aromatic N) is 3. The van der Waals surface area contributed by atoms with Crippen molar-refractivity contribution in [3.8, 4) is 0 Å². The summed E-state index contributed by atoms with van der Waals surface area (Å²) in [4.78, 5) is 5.33. The first kappa shape index (κ1) is 13.1. The maximum Gasteiger partial charge on any atom is 0.263 e. The van der Waals surface area contributed by atoms with Crippen LogP contribution < -0.4 is 26.8 Å². The van der Waals surface area contributed by atoms with E-state index in [2.05, 4.69) is 4.98 Å². The van der Waals surface area contributed by atoms with Gasteiger partial charge in [0.15, 0.2) is 5.82 Å². The Morgan fingerprint density at radius 3 is 2.12 bits per heavy atom. The molecule has 0 amide bonds. The van der Waals surface area contributed by atoms with Crippen molar-refractivity contribution in [2.24, 2.45) is 0 Å². The standard InChI is InChI=1S/C8H16N6O3/c9-5-6(10)14(17)7(11)8(12-5)13(1-3-15)2-4-16/h15-16H,1-4,10-11H2,(H2,9,12). The molecule has 9 heteroatoms. The topological polar surface area (TPSA) is 162 Å². The van der Waals surface area contributed by atoms with E-state index in [1.807, 2.05) is 0 Å².